The molecular weight excluding hydrogens is 408 g/mol. The van der Waals surface area contributed by atoms with Crippen molar-refractivity contribution >= 4 is 5.78 Å². The Morgan fingerprint density at radius 1 is 1.00 bits per heavy atom. The van der Waals surface area contributed by atoms with Gasteiger partial charge in [0.15, 0.2) is 0 Å². The molecule has 186 valence electrons. The molecule has 0 aromatic carbocycles. The average molecular weight is 457 g/mol. The van der Waals surface area contributed by atoms with Gasteiger partial charge in [-0.3, -0.25) is 4.79 Å². The maximum atomic E-state index is 12.9. The van der Waals surface area contributed by atoms with Crippen molar-refractivity contribution in [2.24, 2.45) is 56.7 Å². The third-order valence-electron chi connectivity index (χ3n) is 13.2. The second-order valence-electron chi connectivity index (χ2n) is 14.5. The second-order valence-corrected chi connectivity index (χ2v) is 14.5. The zero-order valence-corrected chi connectivity index (χ0v) is 22.0. The van der Waals surface area contributed by atoms with Crippen LogP contribution in [0.15, 0.2) is 12.2 Å². The van der Waals surface area contributed by atoms with Crippen LogP contribution in [0.2, 0.25) is 0 Å². The minimum Gasteiger partial charge on any atom is -0.396 e. The number of fused-ring (bicyclic) bond motifs is 7. The summed E-state index contributed by atoms with van der Waals surface area (Å²) in [7, 11) is 0. The first kappa shape index (κ1) is 24.0. The molecule has 0 aromatic heterocycles. The molecule has 0 saturated heterocycles. The van der Waals surface area contributed by atoms with Gasteiger partial charge < -0.3 is 10.2 Å². The zero-order valence-electron chi connectivity index (χ0n) is 22.0. The third-order valence-corrected chi connectivity index (χ3v) is 13.2. The molecule has 5 fully saturated rings. The third kappa shape index (κ3) is 2.79. The van der Waals surface area contributed by atoms with Gasteiger partial charge in [0.2, 0.25) is 0 Å². The number of hydrogen-bond acceptors (Lipinski definition) is 3. The lowest BCUT2D eigenvalue weighted by molar-refractivity contribution is -0.267. The lowest BCUT2D eigenvalue weighted by Crippen LogP contribution is -2.69. The zero-order chi connectivity index (χ0) is 24.2. The molecule has 0 unspecified atom stereocenters. The molecule has 33 heavy (non-hydrogen) atoms. The van der Waals surface area contributed by atoms with Gasteiger partial charge in [-0.15, -0.1) is 0 Å². The maximum absolute atomic E-state index is 12.9. The summed E-state index contributed by atoms with van der Waals surface area (Å²) in [5.41, 5.74) is 1.20. The Bertz CT molecular complexity index is 861. The van der Waals surface area contributed by atoms with Gasteiger partial charge in [0.1, 0.15) is 5.78 Å². The first-order valence-corrected chi connectivity index (χ1v) is 13.8. The van der Waals surface area contributed by atoms with Gasteiger partial charge in [0.25, 0.3) is 0 Å². The highest BCUT2D eigenvalue weighted by atomic mass is 16.3. The lowest BCUT2D eigenvalue weighted by atomic mass is 9.32. The average Bonchev–Trinajstić information content (AvgIpc) is 3.13. The van der Waals surface area contributed by atoms with Gasteiger partial charge >= 0.3 is 0 Å². The number of allylic oxidation sites excluding steroid dienone is 1. The van der Waals surface area contributed by atoms with E-state index in [-0.39, 0.29) is 45.7 Å². The minimum absolute atomic E-state index is 0.00670. The van der Waals surface area contributed by atoms with Crippen molar-refractivity contribution in [3.8, 4) is 0 Å². The Morgan fingerprint density at radius 2 is 1.70 bits per heavy atom. The largest absolute Gasteiger partial charge is 0.396 e. The van der Waals surface area contributed by atoms with Crippen LogP contribution in [-0.2, 0) is 4.79 Å². The number of ketones is 1. The molecule has 10 atom stereocenters. The predicted molar refractivity (Wildman–Crippen MR) is 132 cm³/mol. The van der Waals surface area contributed by atoms with Gasteiger partial charge in [-0.25, -0.2) is 0 Å². The first-order valence-electron chi connectivity index (χ1n) is 13.8. The number of Topliss-reactive ketones (excluding diaryl/α,β-unsaturated/α-hetero) is 1. The fourth-order valence-corrected chi connectivity index (χ4v) is 11.4. The number of carbonyl (C=O) groups excluding carboxylic acids is 1. The van der Waals surface area contributed by atoms with E-state index < -0.39 is 0 Å². The van der Waals surface area contributed by atoms with Crippen LogP contribution in [0.1, 0.15) is 99.3 Å². The lowest BCUT2D eigenvalue weighted by Gasteiger charge is -2.73. The van der Waals surface area contributed by atoms with Gasteiger partial charge in [0.05, 0.1) is 6.10 Å². The molecule has 5 aliphatic rings. The van der Waals surface area contributed by atoms with Crippen molar-refractivity contribution in [2.45, 2.75) is 105 Å². The van der Waals surface area contributed by atoms with E-state index in [9.17, 15) is 15.0 Å². The molecule has 3 heteroatoms. The normalized spacial score (nSPS) is 55.2. The van der Waals surface area contributed by atoms with Gasteiger partial charge in [0, 0.05) is 18.4 Å². The minimum atomic E-state index is -0.328. The molecule has 0 aromatic rings. The van der Waals surface area contributed by atoms with E-state index in [4.69, 9.17) is 0 Å². The molecule has 0 bridgehead atoms. The van der Waals surface area contributed by atoms with Crippen LogP contribution in [0.4, 0.5) is 0 Å². The predicted octanol–water partition coefficient (Wildman–Crippen LogP) is 6.18. The summed E-state index contributed by atoms with van der Waals surface area (Å²) in [5, 5.41) is 22.6. The van der Waals surface area contributed by atoms with Crippen LogP contribution in [0, 0.1) is 56.7 Å². The number of aliphatic hydroxyl groups excluding tert-OH is 2. The monoisotopic (exact) mass is 456 g/mol. The summed E-state index contributed by atoms with van der Waals surface area (Å²) in [6.45, 7) is 18.7. The molecule has 0 heterocycles. The van der Waals surface area contributed by atoms with E-state index in [0.29, 0.717) is 35.9 Å². The van der Waals surface area contributed by atoms with Crippen LogP contribution in [-0.4, -0.2) is 28.7 Å². The molecule has 0 aliphatic heterocycles. The van der Waals surface area contributed by atoms with E-state index in [0.717, 1.165) is 51.4 Å². The fraction of sp³-hybridized carbons (Fsp3) is 0.900. The van der Waals surface area contributed by atoms with Crippen molar-refractivity contribution in [2.75, 3.05) is 6.61 Å². The Morgan fingerprint density at radius 3 is 2.33 bits per heavy atom. The van der Waals surface area contributed by atoms with Crippen molar-refractivity contribution in [1.82, 2.24) is 0 Å². The quantitative estimate of drug-likeness (QED) is 0.488. The molecule has 0 spiro atoms. The Kier molecular flexibility index (Phi) is 5.24. The van der Waals surface area contributed by atoms with Crippen molar-refractivity contribution < 1.29 is 15.0 Å². The van der Waals surface area contributed by atoms with Gasteiger partial charge in [-0.05, 0) is 110 Å². The maximum Gasteiger partial charge on any atom is 0.138 e. The number of hydrogen-bond donors (Lipinski definition) is 2. The second kappa shape index (κ2) is 7.19. The van der Waals surface area contributed by atoms with E-state index in [1.807, 2.05) is 0 Å². The molecule has 3 nitrogen and oxygen atoms in total. The van der Waals surface area contributed by atoms with Crippen LogP contribution < -0.4 is 0 Å². The van der Waals surface area contributed by atoms with Crippen molar-refractivity contribution in [3.05, 3.63) is 12.2 Å². The number of aliphatic hydroxyl groups is 2. The molecule has 2 N–H and O–H groups in total. The van der Waals surface area contributed by atoms with E-state index in [2.05, 4.69) is 48.1 Å². The molecular formula is C30H48O3. The van der Waals surface area contributed by atoms with Crippen LogP contribution in [0.5, 0.6) is 0 Å². The smallest absolute Gasteiger partial charge is 0.138 e. The van der Waals surface area contributed by atoms with Gasteiger partial charge in [-0.2, -0.15) is 0 Å². The van der Waals surface area contributed by atoms with Gasteiger partial charge in [-0.1, -0.05) is 46.8 Å². The summed E-state index contributed by atoms with van der Waals surface area (Å²) >= 11 is 0. The Labute approximate surface area is 201 Å². The summed E-state index contributed by atoms with van der Waals surface area (Å²) in [6, 6.07) is 0. The molecule has 5 rings (SSSR count). The van der Waals surface area contributed by atoms with E-state index in [1.54, 1.807) is 0 Å². The highest BCUT2D eigenvalue weighted by Gasteiger charge is 2.72. The van der Waals surface area contributed by atoms with Crippen LogP contribution in [0.3, 0.4) is 0 Å². The highest BCUT2D eigenvalue weighted by Crippen LogP contribution is 2.77. The number of carbonyl (C=O) groups is 1. The number of rotatable bonds is 2. The SMILES string of the molecule is C=C(C)[C@@H]1CC[C@]2(CO)CC[C@]3(C)[C@H](C[C@@H](O)[C@@H]4[C@@]5(C)CCC(=O)C(C)(C)[C@@H]5CC[C@]43C)[C@@H]12. The van der Waals surface area contributed by atoms with Crippen molar-refractivity contribution in [1.29, 1.82) is 0 Å². The van der Waals surface area contributed by atoms with E-state index >= 15 is 0 Å². The standard InChI is InChI=1S/C30H48O3/c1-18(2)19-8-13-30(17-31)15-14-28(6)20(24(19)30)16-21(32)25-27(5)11-10-23(33)26(3,4)22(27)9-12-29(25,28)7/h19-22,24-25,31-32H,1,8-17H2,2-7H3/t19-,20+,21+,22-,24+,25+,27-,28+,29+,30+/m0/s1. The van der Waals surface area contributed by atoms with E-state index in [1.165, 1.54) is 5.57 Å². The molecule has 0 radical (unpaired) electrons. The summed E-state index contributed by atoms with van der Waals surface area (Å²) < 4.78 is 0. The summed E-state index contributed by atoms with van der Waals surface area (Å²) in [6.07, 6.45) is 8.81. The Hall–Kier alpha value is -0.670. The first-order chi connectivity index (χ1) is 15.3. The highest BCUT2D eigenvalue weighted by molar-refractivity contribution is 5.85. The van der Waals surface area contributed by atoms with Crippen molar-refractivity contribution in [3.63, 3.8) is 0 Å². The van der Waals surface area contributed by atoms with Crippen LogP contribution >= 0.6 is 0 Å². The molecule has 5 aliphatic carbocycles. The summed E-state index contributed by atoms with van der Waals surface area (Å²) in [4.78, 5) is 12.9. The topological polar surface area (TPSA) is 57.5 Å². The molecule has 0 amide bonds. The van der Waals surface area contributed by atoms with Crippen LogP contribution in [0.25, 0.3) is 0 Å². The Balaban J connectivity index is 1.60. The summed E-state index contributed by atoms with van der Waals surface area (Å²) in [5.74, 6) is 2.34. The molecule has 5 saturated carbocycles. The fourth-order valence-electron chi connectivity index (χ4n) is 11.4.